The lowest BCUT2D eigenvalue weighted by Gasteiger charge is -2.33. The van der Waals surface area contributed by atoms with Crippen molar-refractivity contribution >= 4 is 50.7 Å². The number of anilines is 1. The van der Waals surface area contributed by atoms with E-state index in [1.165, 1.54) is 23.1 Å². The fourth-order valence-electron chi connectivity index (χ4n) is 4.30. The van der Waals surface area contributed by atoms with Gasteiger partial charge in [-0.3, -0.25) is 13.9 Å². The lowest BCUT2D eigenvalue weighted by Crippen LogP contribution is -2.53. The second-order valence-electron chi connectivity index (χ2n) is 9.44. The Kier molecular flexibility index (Phi) is 11.4. The minimum Gasteiger partial charge on any atom is -0.354 e. The summed E-state index contributed by atoms with van der Waals surface area (Å²) in [5.41, 5.74) is 1.96. The highest BCUT2D eigenvalue weighted by Gasteiger charge is 2.34. The Morgan fingerprint density at radius 2 is 1.60 bits per heavy atom. The first-order valence-electron chi connectivity index (χ1n) is 13.2. The highest BCUT2D eigenvalue weighted by molar-refractivity contribution is 7.92. The average molecular weight is 605 g/mol. The zero-order valence-electron chi connectivity index (χ0n) is 22.9. The molecule has 0 aliphatic heterocycles. The standard InChI is InChI=1S/C30H35Cl2N3O4S/c1-4-19-33-30(37)26(5-2)34(20-18-23-10-7-6-8-11-23)28(36)21-35(27-13-9-12-25(31)29(27)32)40(38,39)24-16-14-22(3)15-17-24/h6-17,26H,4-5,18-21H2,1-3H3,(H,33,37). The number of hydrogen-bond acceptors (Lipinski definition) is 4. The molecule has 1 N–H and O–H groups in total. The number of carbonyl (C=O) groups excluding carboxylic acids is 2. The second kappa shape index (κ2) is 14.5. The molecule has 40 heavy (non-hydrogen) atoms. The number of nitrogens with one attached hydrogen (secondary N) is 1. The largest absolute Gasteiger partial charge is 0.354 e. The molecule has 3 rings (SSSR count). The third kappa shape index (κ3) is 7.77. The normalized spacial score (nSPS) is 12.0. The van der Waals surface area contributed by atoms with E-state index in [0.29, 0.717) is 19.4 Å². The highest BCUT2D eigenvalue weighted by atomic mass is 35.5. The molecule has 0 saturated heterocycles. The Bertz CT molecular complexity index is 1400. The van der Waals surface area contributed by atoms with Gasteiger partial charge in [-0.1, -0.05) is 91.1 Å². The van der Waals surface area contributed by atoms with Crippen LogP contribution in [0.5, 0.6) is 0 Å². The summed E-state index contributed by atoms with van der Waals surface area (Å²) in [4.78, 5) is 28.6. The van der Waals surface area contributed by atoms with E-state index in [-0.39, 0.29) is 33.1 Å². The van der Waals surface area contributed by atoms with Crippen LogP contribution in [0.15, 0.2) is 77.7 Å². The molecule has 0 aromatic heterocycles. The van der Waals surface area contributed by atoms with Gasteiger partial charge in [0.05, 0.1) is 20.6 Å². The lowest BCUT2D eigenvalue weighted by atomic mass is 10.1. The van der Waals surface area contributed by atoms with Crippen molar-refractivity contribution in [1.29, 1.82) is 0 Å². The Balaban J connectivity index is 2.04. The third-order valence-electron chi connectivity index (χ3n) is 6.51. The van der Waals surface area contributed by atoms with E-state index in [9.17, 15) is 18.0 Å². The van der Waals surface area contributed by atoms with Gasteiger partial charge in [-0.2, -0.15) is 0 Å². The summed E-state index contributed by atoms with van der Waals surface area (Å²) in [6.07, 6.45) is 1.60. The highest BCUT2D eigenvalue weighted by Crippen LogP contribution is 2.35. The van der Waals surface area contributed by atoms with Crippen LogP contribution < -0.4 is 9.62 Å². The van der Waals surface area contributed by atoms with Crippen molar-refractivity contribution in [2.45, 2.75) is 51.0 Å². The summed E-state index contributed by atoms with van der Waals surface area (Å²) in [5.74, 6) is -0.805. The molecule has 1 atom stereocenters. The van der Waals surface area contributed by atoms with Gasteiger partial charge in [0.15, 0.2) is 0 Å². The molecule has 3 aromatic rings. The quantitative estimate of drug-likeness (QED) is 0.264. The van der Waals surface area contributed by atoms with Gasteiger partial charge >= 0.3 is 0 Å². The fraction of sp³-hybridized carbons (Fsp3) is 0.333. The molecule has 0 aliphatic rings. The number of carbonyl (C=O) groups is 2. The van der Waals surface area contributed by atoms with Gasteiger partial charge in [-0.15, -0.1) is 0 Å². The number of sulfonamides is 1. The molecule has 10 heteroatoms. The number of hydrogen-bond donors (Lipinski definition) is 1. The molecule has 214 valence electrons. The summed E-state index contributed by atoms with van der Waals surface area (Å²) in [5, 5.41) is 3.04. The topological polar surface area (TPSA) is 86.8 Å². The molecule has 0 aliphatic carbocycles. The summed E-state index contributed by atoms with van der Waals surface area (Å²) >= 11 is 12.7. The second-order valence-corrected chi connectivity index (χ2v) is 12.1. The SMILES string of the molecule is CCCNC(=O)C(CC)N(CCc1ccccc1)C(=O)CN(c1cccc(Cl)c1Cl)S(=O)(=O)c1ccc(C)cc1. The minimum atomic E-state index is -4.23. The smallest absolute Gasteiger partial charge is 0.264 e. The van der Waals surface area contributed by atoms with E-state index in [4.69, 9.17) is 23.2 Å². The molecular formula is C30H35Cl2N3O4S. The van der Waals surface area contributed by atoms with E-state index in [1.807, 2.05) is 51.1 Å². The van der Waals surface area contributed by atoms with Crippen molar-refractivity contribution in [3.8, 4) is 0 Å². The molecule has 3 aromatic carbocycles. The van der Waals surface area contributed by atoms with Crippen molar-refractivity contribution in [2.24, 2.45) is 0 Å². The molecule has 0 radical (unpaired) electrons. The Morgan fingerprint density at radius 1 is 0.925 bits per heavy atom. The summed E-state index contributed by atoms with van der Waals surface area (Å²) in [7, 11) is -4.23. The van der Waals surface area contributed by atoms with Crippen LogP contribution in [-0.2, 0) is 26.0 Å². The first kappa shape index (κ1) is 31.5. The van der Waals surface area contributed by atoms with E-state index in [0.717, 1.165) is 21.9 Å². The Hall–Kier alpha value is -3.07. The number of benzene rings is 3. The molecule has 0 heterocycles. The molecule has 0 fully saturated rings. The number of halogens is 2. The van der Waals surface area contributed by atoms with Gasteiger partial charge in [0.1, 0.15) is 12.6 Å². The zero-order valence-corrected chi connectivity index (χ0v) is 25.3. The number of rotatable bonds is 13. The van der Waals surface area contributed by atoms with Gasteiger partial charge in [0.2, 0.25) is 11.8 Å². The Morgan fingerprint density at radius 3 is 2.23 bits per heavy atom. The van der Waals surface area contributed by atoms with Crippen molar-refractivity contribution in [1.82, 2.24) is 10.2 Å². The maximum absolute atomic E-state index is 14.0. The molecule has 0 saturated carbocycles. The average Bonchev–Trinajstić information content (AvgIpc) is 2.95. The monoisotopic (exact) mass is 603 g/mol. The number of amides is 2. The molecule has 0 bridgehead atoms. The molecular weight excluding hydrogens is 569 g/mol. The van der Waals surface area contributed by atoms with Crippen LogP contribution in [-0.4, -0.2) is 50.8 Å². The van der Waals surface area contributed by atoms with Crippen LogP contribution in [0.3, 0.4) is 0 Å². The van der Waals surface area contributed by atoms with E-state index >= 15 is 0 Å². The summed E-state index contributed by atoms with van der Waals surface area (Å²) in [6.45, 7) is 5.76. The van der Waals surface area contributed by atoms with Gasteiger partial charge < -0.3 is 10.2 Å². The van der Waals surface area contributed by atoms with Crippen molar-refractivity contribution < 1.29 is 18.0 Å². The van der Waals surface area contributed by atoms with Crippen LogP contribution in [0, 0.1) is 6.92 Å². The van der Waals surface area contributed by atoms with Crippen molar-refractivity contribution in [2.75, 3.05) is 23.9 Å². The lowest BCUT2D eigenvalue weighted by molar-refractivity contribution is -0.139. The maximum atomic E-state index is 14.0. The van der Waals surface area contributed by atoms with Crippen LogP contribution in [0.25, 0.3) is 0 Å². The first-order chi connectivity index (χ1) is 19.1. The zero-order chi connectivity index (χ0) is 29.3. The van der Waals surface area contributed by atoms with Crippen molar-refractivity contribution in [3.05, 3.63) is 94.0 Å². The van der Waals surface area contributed by atoms with E-state index in [1.54, 1.807) is 24.3 Å². The van der Waals surface area contributed by atoms with Gasteiger partial charge in [-0.25, -0.2) is 8.42 Å². The number of aryl methyl sites for hydroxylation is 1. The summed E-state index contributed by atoms with van der Waals surface area (Å²) in [6, 6.07) is 19.8. The predicted molar refractivity (Wildman–Crippen MR) is 161 cm³/mol. The van der Waals surface area contributed by atoms with Crippen LogP contribution >= 0.6 is 23.2 Å². The van der Waals surface area contributed by atoms with E-state index in [2.05, 4.69) is 5.32 Å². The molecule has 0 spiro atoms. The maximum Gasteiger partial charge on any atom is 0.264 e. The van der Waals surface area contributed by atoms with Gasteiger partial charge in [0, 0.05) is 13.1 Å². The first-order valence-corrected chi connectivity index (χ1v) is 15.4. The predicted octanol–water partition coefficient (Wildman–Crippen LogP) is 5.87. The molecule has 7 nitrogen and oxygen atoms in total. The van der Waals surface area contributed by atoms with Gasteiger partial charge in [-0.05, 0) is 56.0 Å². The third-order valence-corrected chi connectivity index (χ3v) is 9.09. The summed E-state index contributed by atoms with van der Waals surface area (Å²) < 4.78 is 28.8. The van der Waals surface area contributed by atoms with Crippen molar-refractivity contribution in [3.63, 3.8) is 0 Å². The number of nitrogens with zero attached hydrogens (tertiary/aromatic N) is 2. The fourth-order valence-corrected chi connectivity index (χ4v) is 6.17. The van der Waals surface area contributed by atoms with Gasteiger partial charge in [0.25, 0.3) is 10.0 Å². The van der Waals surface area contributed by atoms with Crippen LogP contribution in [0.2, 0.25) is 10.0 Å². The van der Waals surface area contributed by atoms with Crippen LogP contribution in [0.1, 0.15) is 37.8 Å². The molecule has 1 unspecified atom stereocenters. The Labute approximate surface area is 247 Å². The van der Waals surface area contributed by atoms with Crippen LogP contribution in [0.4, 0.5) is 5.69 Å². The minimum absolute atomic E-state index is 0.00510. The molecule has 2 amide bonds. The van der Waals surface area contributed by atoms with E-state index < -0.39 is 28.5 Å².